The van der Waals surface area contributed by atoms with Crippen LogP contribution in [0.3, 0.4) is 0 Å². The molecule has 2 amide bonds. The summed E-state index contributed by atoms with van der Waals surface area (Å²) in [4.78, 5) is 39.9. The highest BCUT2D eigenvalue weighted by Gasteiger charge is 2.31. The molecule has 3 heterocycles. The molecule has 3 N–H and O–H groups in total. The van der Waals surface area contributed by atoms with Crippen LogP contribution < -0.4 is 16.2 Å². The second kappa shape index (κ2) is 8.87. The first kappa shape index (κ1) is 22.8. The minimum absolute atomic E-state index is 0.00930. The Morgan fingerprint density at radius 3 is 2.61 bits per heavy atom. The molecule has 1 aliphatic carbocycles. The molecule has 1 saturated heterocycles. The van der Waals surface area contributed by atoms with E-state index in [4.69, 9.17) is 0 Å². The van der Waals surface area contributed by atoms with Crippen LogP contribution in [-0.2, 0) is 11.3 Å². The average molecular weight is 461 g/mol. The summed E-state index contributed by atoms with van der Waals surface area (Å²) < 4.78 is 16.0. The number of rotatable bonds is 7. The number of aromatic nitrogens is 3. The van der Waals surface area contributed by atoms with Gasteiger partial charge < -0.3 is 20.6 Å². The van der Waals surface area contributed by atoms with E-state index in [2.05, 4.69) is 15.7 Å². The highest BCUT2D eigenvalue weighted by atomic mass is 19.1. The molecule has 1 aliphatic heterocycles. The van der Waals surface area contributed by atoms with Crippen LogP contribution in [0.4, 0.5) is 10.2 Å². The maximum Gasteiger partial charge on any atom is 0.291 e. The number of anilines is 1. The standard InChI is InChI=1S/C22H29FN6O4/c1-12(2)10-28-20-15(6-7-16(30)27-9-8-13(23)11-27)18(24-3)26-29(20)22(33)17(21(28)32)19(31)25-14-4-5-14/h6-7,12-14,32H,4-5,8-11H2,1-3H3,(H,24,26)(H,25,31)/b7-6+/t13-/m0/s1. The van der Waals surface area contributed by atoms with E-state index in [9.17, 15) is 23.9 Å². The molecule has 0 bridgehead atoms. The first-order valence-corrected chi connectivity index (χ1v) is 11.2. The van der Waals surface area contributed by atoms with Gasteiger partial charge >= 0.3 is 0 Å². The van der Waals surface area contributed by atoms with Gasteiger partial charge in [-0.2, -0.15) is 4.52 Å². The maximum atomic E-state index is 13.5. The van der Waals surface area contributed by atoms with Gasteiger partial charge in [-0.05, 0) is 31.3 Å². The number of carbonyl (C=O) groups is 2. The Hall–Kier alpha value is -3.37. The minimum Gasteiger partial charge on any atom is -0.494 e. The summed E-state index contributed by atoms with van der Waals surface area (Å²) in [6, 6.07) is 0.00930. The third-order valence-electron chi connectivity index (χ3n) is 5.80. The fraction of sp³-hybridized carbons (Fsp3) is 0.545. The van der Waals surface area contributed by atoms with Crippen molar-refractivity contribution in [1.82, 2.24) is 24.4 Å². The summed E-state index contributed by atoms with van der Waals surface area (Å²) in [7, 11) is 1.62. The number of halogens is 1. The van der Waals surface area contributed by atoms with Crippen LogP contribution in [0.1, 0.15) is 49.0 Å². The Morgan fingerprint density at radius 1 is 1.30 bits per heavy atom. The average Bonchev–Trinajstić information content (AvgIpc) is 3.33. The first-order valence-electron chi connectivity index (χ1n) is 11.2. The molecule has 1 atom stereocenters. The van der Waals surface area contributed by atoms with Crippen LogP contribution in [0, 0.1) is 5.92 Å². The van der Waals surface area contributed by atoms with E-state index >= 15 is 0 Å². The number of alkyl halides is 1. The number of hydrogen-bond donors (Lipinski definition) is 3. The van der Waals surface area contributed by atoms with Crippen molar-refractivity contribution in [2.24, 2.45) is 5.92 Å². The molecule has 2 aliphatic rings. The topological polar surface area (TPSA) is 121 Å². The number of likely N-dealkylation sites (tertiary alicyclic amines) is 1. The van der Waals surface area contributed by atoms with E-state index in [-0.39, 0.29) is 35.6 Å². The van der Waals surface area contributed by atoms with Crippen molar-refractivity contribution >= 4 is 29.4 Å². The zero-order chi connectivity index (χ0) is 23.9. The number of nitrogens with zero attached hydrogens (tertiary/aromatic N) is 4. The van der Waals surface area contributed by atoms with Gasteiger partial charge in [-0.1, -0.05) is 13.8 Å². The number of amides is 2. The van der Waals surface area contributed by atoms with Gasteiger partial charge in [0.25, 0.3) is 11.5 Å². The molecule has 10 nitrogen and oxygen atoms in total. The second-order valence-corrected chi connectivity index (χ2v) is 9.01. The Labute approximate surface area is 190 Å². The summed E-state index contributed by atoms with van der Waals surface area (Å²) in [5, 5.41) is 21.0. The Bertz CT molecular complexity index is 1180. The van der Waals surface area contributed by atoms with Crippen molar-refractivity contribution in [2.75, 3.05) is 25.5 Å². The van der Waals surface area contributed by atoms with Crippen LogP contribution in [0.2, 0.25) is 0 Å². The van der Waals surface area contributed by atoms with Crippen LogP contribution in [0.25, 0.3) is 11.7 Å². The van der Waals surface area contributed by atoms with Gasteiger partial charge in [-0.15, -0.1) is 5.10 Å². The van der Waals surface area contributed by atoms with Gasteiger partial charge in [0.05, 0.1) is 12.1 Å². The Kier molecular flexibility index (Phi) is 6.13. The summed E-state index contributed by atoms with van der Waals surface area (Å²) >= 11 is 0. The fourth-order valence-electron chi connectivity index (χ4n) is 4.00. The number of nitrogens with one attached hydrogen (secondary N) is 2. The molecular formula is C22H29FN6O4. The molecule has 0 unspecified atom stereocenters. The minimum atomic E-state index is -1.03. The van der Waals surface area contributed by atoms with Crippen LogP contribution >= 0.6 is 0 Å². The van der Waals surface area contributed by atoms with Crippen molar-refractivity contribution in [2.45, 2.75) is 51.9 Å². The molecular weight excluding hydrogens is 431 g/mol. The lowest BCUT2D eigenvalue weighted by Gasteiger charge is -2.17. The summed E-state index contributed by atoms with van der Waals surface area (Å²) in [5.41, 5.74) is -0.447. The number of aromatic hydroxyl groups is 1. The lowest BCUT2D eigenvalue weighted by Crippen LogP contribution is -2.34. The monoisotopic (exact) mass is 460 g/mol. The summed E-state index contributed by atoms with van der Waals surface area (Å²) in [5.74, 6) is -1.05. The fourth-order valence-corrected chi connectivity index (χ4v) is 4.00. The lowest BCUT2D eigenvalue weighted by atomic mass is 10.2. The molecule has 2 fully saturated rings. The molecule has 33 heavy (non-hydrogen) atoms. The third kappa shape index (κ3) is 4.44. The molecule has 11 heteroatoms. The van der Waals surface area contributed by atoms with E-state index < -0.39 is 23.5 Å². The van der Waals surface area contributed by atoms with E-state index in [0.29, 0.717) is 30.9 Å². The third-order valence-corrected chi connectivity index (χ3v) is 5.80. The summed E-state index contributed by atoms with van der Waals surface area (Å²) in [6.07, 6.45) is 3.77. The molecule has 178 valence electrons. The number of hydrogen-bond acceptors (Lipinski definition) is 6. The van der Waals surface area contributed by atoms with Gasteiger partial charge in [0.1, 0.15) is 6.17 Å². The van der Waals surface area contributed by atoms with Crippen molar-refractivity contribution in [3.05, 3.63) is 27.6 Å². The molecule has 2 aromatic rings. The Balaban J connectivity index is 1.84. The molecule has 1 saturated carbocycles. The van der Waals surface area contributed by atoms with Gasteiger partial charge in [-0.3, -0.25) is 19.0 Å². The van der Waals surface area contributed by atoms with E-state index in [1.54, 1.807) is 7.05 Å². The van der Waals surface area contributed by atoms with Crippen LogP contribution in [0.15, 0.2) is 10.9 Å². The molecule has 0 radical (unpaired) electrons. The van der Waals surface area contributed by atoms with Crippen molar-refractivity contribution in [3.8, 4) is 5.88 Å². The second-order valence-electron chi connectivity index (χ2n) is 9.01. The molecule has 4 rings (SSSR count). The van der Waals surface area contributed by atoms with E-state index in [0.717, 1.165) is 17.4 Å². The van der Waals surface area contributed by atoms with Crippen molar-refractivity contribution in [3.63, 3.8) is 0 Å². The van der Waals surface area contributed by atoms with E-state index in [1.165, 1.54) is 21.6 Å². The van der Waals surface area contributed by atoms with Gasteiger partial charge in [-0.25, -0.2) is 4.39 Å². The zero-order valence-electron chi connectivity index (χ0n) is 19.0. The first-order chi connectivity index (χ1) is 15.7. The van der Waals surface area contributed by atoms with Crippen LogP contribution in [0.5, 0.6) is 5.88 Å². The SMILES string of the molecule is CNc1nn2c(=O)c(C(=O)NC3CC3)c(O)n(CC(C)C)c2c1/C=C/C(=O)N1CC[C@H](F)C1. The summed E-state index contributed by atoms with van der Waals surface area (Å²) in [6.45, 7) is 4.57. The predicted molar refractivity (Wildman–Crippen MR) is 121 cm³/mol. The molecule has 0 spiro atoms. The highest BCUT2D eigenvalue weighted by Crippen LogP contribution is 2.28. The van der Waals surface area contributed by atoms with Gasteiger partial charge in [0, 0.05) is 32.3 Å². The van der Waals surface area contributed by atoms with Crippen LogP contribution in [-0.4, -0.2) is 68.4 Å². The number of carbonyl (C=O) groups excluding carboxylic acids is 2. The predicted octanol–water partition coefficient (Wildman–Crippen LogP) is 1.38. The maximum absolute atomic E-state index is 13.5. The lowest BCUT2D eigenvalue weighted by molar-refractivity contribution is -0.125. The van der Waals surface area contributed by atoms with Gasteiger partial charge in [0.2, 0.25) is 11.8 Å². The van der Waals surface area contributed by atoms with Gasteiger partial charge in [0.15, 0.2) is 17.0 Å². The largest absolute Gasteiger partial charge is 0.494 e. The zero-order valence-corrected chi connectivity index (χ0v) is 19.0. The number of fused-ring (bicyclic) bond motifs is 1. The Morgan fingerprint density at radius 2 is 2.03 bits per heavy atom. The highest BCUT2D eigenvalue weighted by molar-refractivity contribution is 5.97. The van der Waals surface area contributed by atoms with Crippen molar-refractivity contribution < 1.29 is 19.1 Å². The van der Waals surface area contributed by atoms with E-state index in [1.807, 2.05) is 13.8 Å². The van der Waals surface area contributed by atoms with Crippen molar-refractivity contribution in [1.29, 1.82) is 0 Å². The molecule has 0 aromatic carbocycles. The quantitative estimate of drug-likeness (QED) is 0.537. The molecule has 2 aromatic heterocycles. The normalized spacial score (nSPS) is 18.6. The smallest absolute Gasteiger partial charge is 0.291 e.